The number of likely N-dealkylation sites (tertiary alicyclic amines) is 1. The van der Waals surface area contributed by atoms with Gasteiger partial charge < -0.3 is 24.3 Å². The molecule has 2 atom stereocenters. The molecular weight excluding hydrogens is 408 g/mol. The average molecular weight is 441 g/mol. The van der Waals surface area contributed by atoms with E-state index in [2.05, 4.69) is 9.88 Å². The average Bonchev–Trinajstić information content (AvgIpc) is 2.82. The lowest BCUT2D eigenvalue weighted by Crippen LogP contribution is -2.46. The Kier molecular flexibility index (Phi) is 6.79. The van der Waals surface area contributed by atoms with Crippen molar-refractivity contribution < 1.29 is 14.3 Å². The molecule has 2 aromatic rings. The minimum atomic E-state index is -0.563. The van der Waals surface area contributed by atoms with E-state index in [0.717, 1.165) is 37.1 Å². The van der Waals surface area contributed by atoms with Gasteiger partial charge in [-0.3, -0.25) is 9.59 Å². The molecule has 8 nitrogen and oxygen atoms in total. The minimum Gasteiger partial charge on any atom is -0.497 e. The normalized spacial score (nSPS) is 19.8. The maximum absolute atomic E-state index is 13.3. The lowest BCUT2D eigenvalue weighted by atomic mass is 9.95. The monoisotopic (exact) mass is 440 g/mol. The van der Waals surface area contributed by atoms with Crippen molar-refractivity contribution in [1.29, 1.82) is 0 Å². The van der Waals surface area contributed by atoms with Crippen LogP contribution in [0.4, 0.5) is 0 Å². The Labute approximate surface area is 188 Å². The van der Waals surface area contributed by atoms with Gasteiger partial charge in [0.15, 0.2) is 6.10 Å². The predicted octanol–water partition coefficient (Wildman–Crippen LogP) is 2.33. The number of ether oxygens (including phenoxy) is 2. The fourth-order valence-corrected chi connectivity index (χ4v) is 4.52. The van der Waals surface area contributed by atoms with Gasteiger partial charge in [-0.15, -0.1) is 0 Å². The SMILES string of the molecule is CC[C@@H](Oc1cccc(OC)c1)C(=O)N1CCC[C@H](c2nc3c(c(=O)[nH]2)CN(C)CC3)C1. The van der Waals surface area contributed by atoms with Gasteiger partial charge in [0.05, 0.1) is 18.4 Å². The van der Waals surface area contributed by atoms with Crippen molar-refractivity contribution in [3.8, 4) is 11.5 Å². The molecule has 1 aromatic heterocycles. The Hall–Kier alpha value is -2.87. The van der Waals surface area contributed by atoms with Crippen LogP contribution in [0.1, 0.15) is 49.2 Å². The molecule has 3 heterocycles. The van der Waals surface area contributed by atoms with E-state index >= 15 is 0 Å². The fourth-order valence-electron chi connectivity index (χ4n) is 4.52. The molecule has 0 bridgehead atoms. The topological polar surface area (TPSA) is 87.8 Å². The highest BCUT2D eigenvalue weighted by Gasteiger charge is 2.32. The van der Waals surface area contributed by atoms with Crippen LogP contribution in [-0.4, -0.2) is 65.6 Å². The van der Waals surface area contributed by atoms with Crippen LogP contribution >= 0.6 is 0 Å². The largest absolute Gasteiger partial charge is 0.497 e. The van der Waals surface area contributed by atoms with Gasteiger partial charge >= 0.3 is 0 Å². The molecular formula is C24H32N4O4. The number of nitrogens with zero attached hydrogens (tertiary/aromatic N) is 3. The predicted molar refractivity (Wildman–Crippen MR) is 121 cm³/mol. The number of fused-ring (bicyclic) bond motifs is 1. The van der Waals surface area contributed by atoms with E-state index in [1.807, 2.05) is 37.1 Å². The summed E-state index contributed by atoms with van der Waals surface area (Å²) in [7, 11) is 3.62. The number of amides is 1. The number of hydrogen-bond donors (Lipinski definition) is 1. The highest BCUT2D eigenvalue weighted by atomic mass is 16.5. The summed E-state index contributed by atoms with van der Waals surface area (Å²) in [6.07, 6.45) is 2.56. The van der Waals surface area contributed by atoms with Crippen LogP contribution in [0.3, 0.4) is 0 Å². The zero-order valence-electron chi connectivity index (χ0n) is 19.1. The molecule has 1 amide bonds. The Morgan fingerprint density at radius 3 is 2.91 bits per heavy atom. The van der Waals surface area contributed by atoms with Crippen molar-refractivity contribution >= 4 is 5.91 Å². The zero-order valence-corrected chi connectivity index (χ0v) is 19.1. The second-order valence-electron chi connectivity index (χ2n) is 8.68. The molecule has 0 unspecified atom stereocenters. The summed E-state index contributed by atoms with van der Waals surface area (Å²) in [5.74, 6) is 2.01. The Balaban J connectivity index is 1.47. The summed E-state index contributed by atoms with van der Waals surface area (Å²) in [6, 6.07) is 7.30. The minimum absolute atomic E-state index is 0.0260. The Morgan fingerprint density at radius 1 is 1.31 bits per heavy atom. The summed E-state index contributed by atoms with van der Waals surface area (Å²) in [6.45, 7) is 4.71. The van der Waals surface area contributed by atoms with Gasteiger partial charge in [-0.25, -0.2) is 4.98 Å². The molecule has 0 radical (unpaired) electrons. The van der Waals surface area contributed by atoms with Crippen LogP contribution in [0.25, 0.3) is 0 Å². The molecule has 1 aromatic carbocycles. The van der Waals surface area contributed by atoms with Crippen molar-refractivity contribution in [2.75, 3.05) is 33.8 Å². The Bertz CT molecular complexity index is 1020. The maximum Gasteiger partial charge on any atom is 0.263 e. The first-order chi connectivity index (χ1) is 15.5. The number of hydrogen-bond acceptors (Lipinski definition) is 6. The first kappa shape index (κ1) is 22.3. The molecule has 2 aliphatic heterocycles. The number of methoxy groups -OCH3 is 1. The summed E-state index contributed by atoms with van der Waals surface area (Å²) in [5.41, 5.74) is 1.62. The number of likely N-dealkylation sites (N-methyl/N-ethyl adjacent to an activating group) is 1. The van der Waals surface area contributed by atoms with E-state index in [-0.39, 0.29) is 17.4 Å². The third-order valence-corrected chi connectivity index (χ3v) is 6.36. The van der Waals surface area contributed by atoms with E-state index in [1.54, 1.807) is 13.2 Å². The van der Waals surface area contributed by atoms with Gasteiger partial charge in [-0.2, -0.15) is 0 Å². The maximum atomic E-state index is 13.3. The van der Waals surface area contributed by atoms with Gasteiger partial charge in [0.1, 0.15) is 17.3 Å². The van der Waals surface area contributed by atoms with Crippen molar-refractivity contribution in [2.24, 2.45) is 0 Å². The first-order valence-corrected chi connectivity index (χ1v) is 11.4. The number of carbonyl (C=O) groups excluding carboxylic acids is 1. The van der Waals surface area contributed by atoms with E-state index in [0.29, 0.717) is 43.4 Å². The van der Waals surface area contributed by atoms with Gasteiger partial charge in [-0.05, 0) is 38.4 Å². The van der Waals surface area contributed by atoms with Crippen LogP contribution in [0.2, 0.25) is 0 Å². The van der Waals surface area contributed by atoms with Crippen molar-refractivity contribution in [2.45, 2.75) is 51.2 Å². The molecule has 1 N–H and O–H groups in total. The molecule has 0 aliphatic carbocycles. The lowest BCUT2D eigenvalue weighted by Gasteiger charge is -2.34. The number of rotatable bonds is 6. The van der Waals surface area contributed by atoms with Gasteiger partial charge in [0.2, 0.25) is 0 Å². The van der Waals surface area contributed by atoms with Crippen LogP contribution in [0.15, 0.2) is 29.1 Å². The van der Waals surface area contributed by atoms with E-state index in [4.69, 9.17) is 14.5 Å². The lowest BCUT2D eigenvalue weighted by molar-refractivity contribution is -0.140. The third kappa shape index (κ3) is 4.80. The number of piperidine rings is 1. The van der Waals surface area contributed by atoms with Crippen LogP contribution < -0.4 is 15.0 Å². The molecule has 2 aliphatic rings. The number of H-pyrrole nitrogens is 1. The highest BCUT2D eigenvalue weighted by Crippen LogP contribution is 2.27. The summed E-state index contributed by atoms with van der Waals surface area (Å²) >= 11 is 0. The summed E-state index contributed by atoms with van der Waals surface area (Å²) in [4.78, 5) is 37.7. The number of nitrogens with one attached hydrogen (secondary N) is 1. The number of benzene rings is 1. The summed E-state index contributed by atoms with van der Waals surface area (Å²) < 4.78 is 11.3. The van der Waals surface area contributed by atoms with Crippen LogP contribution in [-0.2, 0) is 17.8 Å². The van der Waals surface area contributed by atoms with Crippen LogP contribution in [0, 0.1) is 0 Å². The zero-order chi connectivity index (χ0) is 22.7. The number of aromatic amines is 1. The van der Waals surface area contributed by atoms with E-state index < -0.39 is 6.10 Å². The quantitative estimate of drug-likeness (QED) is 0.742. The number of carbonyl (C=O) groups is 1. The van der Waals surface area contributed by atoms with Gasteiger partial charge in [-0.1, -0.05) is 13.0 Å². The molecule has 32 heavy (non-hydrogen) atoms. The standard InChI is InChI=1S/C24H32N4O4/c1-4-21(32-18-9-5-8-17(13-18)31-3)24(30)28-11-6-7-16(14-28)22-25-20-10-12-27(2)15-19(20)23(29)26-22/h5,8-9,13,16,21H,4,6-7,10-12,14-15H2,1-3H3,(H,25,26,29)/t16-,21+/m0/s1. The second-order valence-corrected chi connectivity index (χ2v) is 8.68. The second kappa shape index (κ2) is 9.73. The van der Waals surface area contributed by atoms with Crippen molar-refractivity contribution in [3.05, 3.63) is 51.7 Å². The van der Waals surface area contributed by atoms with E-state index in [9.17, 15) is 9.59 Å². The van der Waals surface area contributed by atoms with E-state index in [1.165, 1.54) is 0 Å². The highest BCUT2D eigenvalue weighted by molar-refractivity contribution is 5.81. The summed E-state index contributed by atoms with van der Waals surface area (Å²) in [5, 5.41) is 0. The smallest absolute Gasteiger partial charge is 0.263 e. The van der Waals surface area contributed by atoms with Crippen LogP contribution in [0.5, 0.6) is 11.5 Å². The van der Waals surface area contributed by atoms with Gasteiger partial charge in [0, 0.05) is 44.6 Å². The fraction of sp³-hybridized carbons (Fsp3) is 0.542. The molecule has 8 heteroatoms. The number of aromatic nitrogens is 2. The molecule has 0 spiro atoms. The molecule has 0 saturated carbocycles. The third-order valence-electron chi connectivity index (χ3n) is 6.36. The molecule has 1 saturated heterocycles. The molecule has 1 fully saturated rings. The molecule has 4 rings (SSSR count). The first-order valence-electron chi connectivity index (χ1n) is 11.4. The molecule has 172 valence electrons. The van der Waals surface area contributed by atoms with Crippen molar-refractivity contribution in [3.63, 3.8) is 0 Å². The Morgan fingerprint density at radius 2 is 2.12 bits per heavy atom. The van der Waals surface area contributed by atoms with Gasteiger partial charge in [0.25, 0.3) is 11.5 Å². The van der Waals surface area contributed by atoms with Crippen molar-refractivity contribution in [1.82, 2.24) is 19.8 Å².